The Bertz CT molecular complexity index is 592. The number of hydrogen-bond donors (Lipinski definition) is 1. The predicted octanol–water partition coefficient (Wildman–Crippen LogP) is 3.19. The molecule has 0 fully saturated rings. The number of carbonyl (C=O) groups excluding carboxylic acids is 1. The molecule has 3 heteroatoms. The maximum Gasteiger partial charge on any atom is 0.253 e. The van der Waals surface area contributed by atoms with Crippen molar-refractivity contribution in [1.29, 1.82) is 0 Å². The molecule has 2 atom stereocenters. The van der Waals surface area contributed by atoms with Crippen LogP contribution in [0.1, 0.15) is 34.5 Å². The molecule has 2 unspecified atom stereocenters. The summed E-state index contributed by atoms with van der Waals surface area (Å²) >= 11 is 0. The molecule has 0 aliphatic heterocycles. The van der Waals surface area contributed by atoms with E-state index in [9.17, 15) is 9.90 Å². The Morgan fingerprint density at radius 3 is 2.19 bits per heavy atom. The smallest absolute Gasteiger partial charge is 0.253 e. The lowest BCUT2D eigenvalue weighted by Crippen LogP contribution is -2.39. The standard InChI is InChI=1S/C18H21NO2/c1-13-9-11-16(12-10-13)18(21)19(3)14(2)17(20)15-7-5-4-6-8-15/h4-12,14,17,20H,1-3H3. The third-order valence-electron chi connectivity index (χ3n) is 3.83. The molecule has 0 aliphatic rings. The highest BCUT2D eigenvalue weighted by Gasteiger charge is 2.24. The fourth-order valence-corrected chi connectivity index (χ4v) is 2.23. The fourth-order valence-electron chi connectivity index (χ4n) is 2.23. The average molecular weight is 283 g/mol. The minimum Gasteiger partial charge on any atom is -0.386 e. The van der Waals surface area contributed by atoms with Crippen LogP contribution in [0.15, 0.2) is 54.6 Å². The highest BCUT2D eigenvalue weighted by Crippen LogP contribution is 2.21. The van der Waals surface area contributed by atoms with Crippen molar-refractivity contribution < 1.29 is 9.90 Å². The second kappa shape index (κ2) is 6.55. The Morgan fingerprint density at radius 2 is 1.62 bits per heavy atom. The van der Waals surface area contributed by atoms with E-state index in [0.29, 0.717) is 5.56 Å². The normalized spacial score (nSPS) is 13.5. The lowest BCUT2D eigenvalue weighted by atomic mass is 10.0. The second-order valence-electron chi connectivity index (χ2n) is 5.38. The van der Waals surface area contributed by atoms with Crippen molar-refractivity contribution in [1.82, 2.24) is 4.90 Å². The summed E-state index contributed by atoms with van der Waals surface area (Å²) in [4.78, 5) is 14.0. The van der Waals surface area contributed by atoms with Gasteiger partial charge in [0.25, 0.3) is 5.91 Å². The summed E-state index contributed by atoms with van der Waals surface area (Å²) in [5.41, 5.74) is 2.57. The van der Waals surface area contributed by atoms with E-state index in [0.717, 1.165) is 11.1 Å². The third-order valence-corrected chi connectivity index (χ3v) is 3.83. The quantitative estimate of drug-likeness (QED) is 0.936. The first-order chi connectivity index (χ1) is 10.0. The SMILES string of the molecule is Cc1ccc(C(=O)N(C)C(C)C(O)c2ccccc2)cc1. The van der Waals surface area contributed by atoms with E-state index in [2.05, 4.69) is 0 Å². The summed E-state index contributed by atoms with van der Waals surface area (Å²) < 4.78 is 0. The number of aliphatic hydroxyl groups excluding tert-OH is 1. The van der Waals surface area contributed by atoms with Crippen molar-refractivity contribution in [3.63, 3.8) is 0 Å². The van der Waals surface area contributed by atoms with Gasteiger partial charge in [0.2, 0.25) is 0 Å². The molecule has 1 amide bonds. The van der Waals surface area contributed by atoms with Crippen LogP contribution in [0.2, 0.25) is 0 Å². The Morgan fingerprint density at radius 1 is 1.05 bits per heavy atom. The van der Waals surface area contributed by atoms with Gasteiger partial charge < -0.3 is 10.0 Å². The topological polar surface area (TPSA) is 40.5 Å². The van der Waals surface area contributed by atoms with Gasteiger partial charge in [0, 0.05) is 12.6 Å². The molecule has 0 aromatic heterocycles. The molecule has 0 saturated carbocycles. The minimum atomic E-state index is -0.703. The lowest BCUT2D eigenvalue weighted by molar-refractivity contribution is 0.0487. The molecule has 0 radical (unpaired) electrons. The van der Waals surface area contributed by atoms with Crippen LogP contribution in [0.4, 0.5) is 0 Å². The van der Waals surface area contributed by atoms with Gasteiger partial charge in [-0.1, -0.05) is 48.0 Å². The first-order valence-electron chi connectivity index (χ1n) is 7.07. The summed E-state index contributed by atoms with van der Waals surface area (Å²) in [6, 6.07) is 16.6. The van der Waals surface area contributed by atoms with E-state index >= 15 is 0 Å². The summed E-state index contributed by atoms with van der Waals surface area (Å²) in [5.74, 6) is -0.0857. The van der Waals surface area contributed by atoms with Crippen LogP contribution in [0.3, 0.4) is 0 Å². The number of likely N-dealkylation sites (N-methyl/N-ethyl adjacent to an activating group) is 1. The van der Waals surface area contributed by atoms with Gasteiger partial charge in [0.15, 0.2) is 0 Å². The first-order valence-corrected chi connectivity index (χ1v) is 7.07. The fraction of sp³-hybridized carbons (Fsp3) is 0.278. The van der Waals surface area contributed by atoms with Gasteiger partial charge >= 0.3 is 0 Å². The van der Waals surface area contributed by atoms with E-state index in [1.807, 2.05) is 68.4 Å². The first kappa shape index (κ1) is 15.3. The van der Waals surface area contributed by atoms with E-state index in [4.69, 9.17) is 0 Å². The molecule has 110 valence electrons. The Kier molecular flexibility index (Phi) is 4.76. The van der Waals surface area contributed by atoms with Gasteiger partial charge in [-0.15, -0.1) is 0 Å². The Labute approximate surface area is 125 Å². The molecule has 2 rings (SSSR count). The van der Waals surface area contributed by atoms with Crippen LogP contribution < -0.4 is 0 Å². The number of rotatable bonds is 4. The maximum absolute atomic E-state index is 12.4. The molecule has 0 spiro atoms. The van der Waals surface area contributed by atoms with Crippen LogP contribution in [-0.2, 0) is 0 Å². The Balaban J connectivity index is 2.13. The zero-order valence-corrected chi connectivity index (χ0v) is 12.7. The number of hydrogen-bond acceptors (Lipinski definition) is 2. The molecular weight excluding hydrogens is 262 g/mol. The van der Waals surface area contributed by atoms with E-state index in [1.54, 1.807) is 11.9 Å². The predicted molar refractivity (Wildman–Crippen MR) is 84.1 cm³/mol. The summed E-state index contributed by atoms with van der Waals surface area (Å²) in [5, 5.41) is 10.4. The number of carbonyl (C=O) groups is 1. The monoisotopic (exact) mass is 283 g/mol. The molecule has 21 heavy (non-hydrogen) atoms. The van der Waals surface area contributed by atoms with Gasteiger partial charge in [-0.05, 0) is 31.5 Å². The van der Waals surface area contributed by atoms with Gasteiger partial charge in [-0.25, -0.2) is 0 Å². The molecule has 0 bridgehead atoms. The highest BCUT2D eigenvalue weighted by atomic mass is 16.3. The third kappa shape index (κ3) is 3.50. The van der Waals surface area contributed by atoms with E-state index < -0.39 is 6.10 Å². The van der Waals surface area contributed by atoms with Crippen molar-refractivity contribution in [3.05, 3.63) is 71.3 Å². The van der Waals surface area contributed by atoms with Crippen molar-refractivity contribution in [2.75, 3.05) is 7.05 Å². The second-order valence-corrected chi connectivity index (χ2v) is 5.38. The van der Waals surface area contributed by atoms with Crippen molar-refractivity contribution in [2.45, 2.75) is 26.0 Å². The average Bonchev–Trinajstić information content (AvgIpc) is 2.53. The summed E-state index contributed by atoms with van der Waals surface area (Å²) in [7, 11) is 1.72. The molecular formula is C18H21NO2. The van der Waals surface area contributed by atoms with Crippen LogP contribution in [0.25, 0.3) is 0 Å². The van der Waals surface area contributed by atoms with Crippen molar-refractivity contribution in [3.8, 4) is 0 Å². The molecule has 0 saturated heterocycles. The van der Waals surface area contributed by atoms with Gasteiger partial charge in [0.1, 0.15) is 0 Å². The summed E-state index contributed by atoms with van der Waals surface area (Å²) in [6.45, 7) is 3.84. The van der Waals surface area contributed by atoms with Crippen LogP contribution in [0.5, 0.6) is 0 Å². The van der Waals surface area contributed by atoms with E-state index in [1.165, 1.54) is 0 Å². The maximum atomic E-state index is 12.4. The number of aryl methyl sites for hydroxylation is 1. The summed E-state index contributed by atoms with van der Waals surface area (Å²) in [6.07, 6.45) is -0.703. The lowest BCUT2D eigenvalue weighted by Gasteiger charge is -2.29. The van der Waals surface area contributed by atoms with Crippen LogP contribution >= 0.6 is 0 Å². The largest absolute Gasteiger partial charge is 0.386 e. The Hall–Kier alpha value is -2.13. The van der Waals surface area contributed by atoms with Gasteiger partial charge in [0.05, 0.1) is 12.1 Å². The highest BCUT2D eigenvalue weighted by molar-refractivity contribution is 5.94. The molecule has 0 aliphatic carbocycles. The zero-order valence-electron chi connectivity index (χ0n) is 12.7. The van der Waals surface area contributed by atoms with Gasteiger partial charge in [-0.2, -0.15) is 0 Å². The number of amides is 1. The molecule has 3 nitrogen and oxygen atoms in total. The minimum absolute atomic E-state index is 0.0857. The molecule has 2 aromatic rings. The number of benzene rings is 2. The number of nitrogens with zero attached hydrogens (tertiary/aromatic N) is 1. The number of aliphatic hydroxyl groups is 1. The van der Waals surface area contributed by atoms with Crippen molar-refractivity contribution >= 4 is 5.91 Å². The molecule has 2 aromatic carbocycles. The van der Waals surface area contributed by atoms with Crippen LogP contribution in [0, 0.1) is 6.92 Å². The van der Waals surface area contributed by atoms with Crippen LogP contribution in [-0.4, -0.2) is 29.0 Å². The molecule has 1 N–H and O–H groups in total. The van der Waals surface area contributed by atoms with E-state index in [-0.39, 0.29) is 11.9 Å². The van der Waals surface area contributed by atoms with Gasteiger partial charge in [-0.3, -0.25) is 4.79 Å². The van der Waals surface area contributed by atoms with Crippen molar-refractivity contribution in [2.24, 2.45) is 0 Å². The zero-order chi connectivity index (χ0) is 15.4. The molecule has 0 heterocycles.